The SMILES string of the molecule is CC(C)(C)OC(=O)N1CCCN(C2CNC2)CC1.CN(C[C@@H](CCN1CC(N2CCCN(C(=O)O)C(C(C)(C)C)C2)C1)c1ccc(F)cc1)C(=O)c1cc(C#N)cc2c1CCCC2. The Bertz CT molecular complexity index is 1920. The average molecular weight is 873 g/mol. The predicted octanol–water partition coefficient (Wildman–Crippen LogP) is 6.51. The zero-order chi connectivity index (χ0) is 45.5. The van der Waals surface area contributed by atoms with Crippen molar-refractivity contribution in [2.75, 3.05) is 92.1 Å². The monoisotopic (exact) mass is 873 g/mol. The molecule has 4 fully saturated rings. The molecule has 14 heteroatoms. The smallest absolute Gasteiger partial charge is 0.410 e. The van der Waals surface area contributed by atoms with E-state index in [9.17, 15) is 29.1 Å². The molecule has 2 N–H and O–H groups in total. The molecule has 4 heterocycles. The third-order valence-corrected chi connectivity index (χ3v) is 13.6. The summed E-state index contributed by atoms with van der Waals surface area (Å²) in [6, 6.07) is 13.6. The zero-order valence-corrected chi connectivity index (χ0v) is 39.0. The van der Waals surface area contributed by atoms with Crippen molar-refractivity contribution in [2.45, 2.75) is 116 Å². The standard InChI is InChI=1S/C36H48FN5O3.C13H25N3O2/c1-36(2,3)33-24-41(15-7-16-42(33)35(44)45)30-22-40(23-30)17-14-28(26-10-12-29(37)13-11-26)21-39(4)34(43)32-19-25(20-38)18-27-8-5-6-9-31(27)32;1-13(2,3)18-12(17)16-6-4-5-15(7-8-16)11-9-14-10-11/h10-13,18-19,28,30,33H,5-9,14-17,21-24H2,1-4H3,(H,44,45);11,14H,4-10H2,1-3H3/t28-,33?;/m1./s1. The van der Waals surface area contributed by atoms with Crippen LogP contribution < -0.4 is 5.32 Å². The fourth-order valence-electron chi connectivity index (χ4n) is 9.79. The first-order valence-electron chi connectivity index (χ1n) is 23.4. The molecule has 0 aromatic heterocycles. The van der Waals surface area contributed by atoms with E-state index in [1.807, 2.05) is 50.9 Å². The van der Waals surface area contributed by atoms with Crippen LogP contribution in [-0.4, -0.2) is 168 Å². The van der Waals surface area contributed by atoms with Crippen molar-refractivity contribution in [1.29, 1.82) is 5.26 Å². The van der Waals surface area contributed by atoms with Crippen LogP contribution >= 0.6 is 0 Å². The lowest BCUT2D eigenvalue weighted by Gasteiger charge is -2.48. The number of carboxylic acid groups (broad SMARTS) is 1. The third kappa shape index (κ3) is 12.9. The van der Waals surface area contributed by atoms with Crippen molar-refractivity contribution >= 4 is 18.1 Å². The highest BCUT2D eigenvalue weighted by Crippen LogP contribution is 2.32. The van der Waals surface area contributed by atoms with Crippen LogP contribution in [0.4, 0.5) is 14.0 Å². The van der Waals surface area contributed by atoms with Crippen LogP contribution in [0.5, 0.6) is 0 Å². The number of aryl methyl sites for hydroxylation is 1. The first-order valence-corrected chi connectivity index (χ1v) is 23.4. The van der Waals surface area contributed by atoms with E-state index in [2.05, 4.69) is 46.9 Å². The number of benzene rings is 2. The van der Waals surface area contributed by atoms with Crippen molar-refractivity contribution in [3.63, 3.8) is 0 Å². The van der Waals surface area contributed by atoms with E-state index in [1.165, 1.54) is 12.1 Å². The predicted molar refractivity (Wildman–Crippen MR) is 244 cm³/mol. The van der Waals surface area contributed by atoms with Crippen LogP contribution in [-0.2, 0) is 17.6 Å². The Labute approximate surface area is 375 Å². The van der Waals surface area contributed by atoms with Gasteiger partial charge in [-0.3, -0.25) is 14.6 Å². The van der Waals surface area contributed by atoms with E-state index in [-0.39, 0.29) is 35.2 Å². The number of carbonyl (C=O) groups excluding carboxylic acids is 2. The topological polar surface area (TPSA) is 136 Å². The Morgan fingerprint density at radius 1 is 0.889 bits per heavy atom. The van der Waals surface area contributed by atoms with E-state index >= 15 is 0 Å². The Morgan fingerprint density at radius 3 is 2.21 bits per heavy atom. The lowest BCUT2D eigenvalue weighted by molar-refractivity contribution is 0.0123. The molecule has 0 spiro atoms. The van der Waals surface area contributed by atoms with Gasteiger partial charge in [-0.1, -0.05) is 32.9 Å². The molecule has 0 saturated carbocycles. The summed E-state index contributed by atoms with van der Waals surface area (Å²) >= 11 is 0. The lowest BCUT2D eigenvalue weighted by atomic mass is 9.85. The molecule has 1 aliphatic carbocycles. The van der Waals surface area contributed by atoms with Crippen molar-refractivity contribution in [1.82, 2.24) is 34.7 Å². The van der Waals surface area contributed by atoms with Gasteiger partial charge in [0.25, 0.3) is 5.91 Å². The second-order valence-corrected chi connectivity index (χ2v) is 20.5. The fraction of sp³-hybridized carbons (Fsp3) is 0.673. The summed E-state index contributed by atoms with van der Waals surface area (Å²) in [5.41, 5.74) is 3.83. The van der Waals surface area contributed by atoms with E-state index in [4.69, 9.17) is 4.74 Å². The molecule has 2 aromatic rings. The van der Waals surface area contributed by atoms with Crippen LogP contribution in [0.2, 0.25) is 0 Å². The van der Waals surface area contributed by atoms with Crippen molar-refractivity contribution in [3.8, 4) is 6.07 Å². The highest BCUT2D eigenvalue weighted by atomic mass is 19.1. The van der Waals surface area contributed by atoms with Crippen LogP contribution in [0.25, 0.3) is 0 Å². The van der Waals surface area contributed by atoms with Crippen molar-refractivity contribution in [2.24, 2.45) is 5.41 Å². The maximum atomic E-state index is 13.9. The minimum Gasteiger partial charge on any atom is -0.465 e. The number of nitrogens with zero attached hydrogens (tertiary/aromatic N) is 7. The molecule has 7 rings (SSSR count). The molecule has 2 atom stereocenters. The van der Waals surface area contributed by atoms with E-state index in [1.54, 1.807) is 15.9 Å². The first kappa shape index (κ1) is 48.2. The number of nitrogens with one attached hydrogen (secondary N) is 1. The summed E-state index contributed by atoms with van der Waals surface area (Å²) in [5.74, 6) is -0.313. The van der Waals surface area contributed by atoms with Crippen molar-refractivity contribution < 1.29 is 28.6 Å². The molecule has 2 aromatic carbocycles. The Morgan fingerprint density at radius 2 is 1.57 bits per heavy atom. The summed E-state index contributed by atoms with van der Waals surface area (Å²) in [6.45, 7) is 23.4. The molecule has 1 unspecified atom stereocenters. The third-order valence-electron chi connectivity index (χ3n) is 13.6. The number of ether oxygens (including phenoxy) is 1. The van der Waals surface area contributed by atoms with Gasteiger partial charge in [0, 0.05) is 109 Å². The minimum atomic E-state index is -0.833. The molecule has 63 heavy (non-hydrogen) atoms. The molecule has 0 radical (unpaired) electrons. The molecule has 4 aliphatic heterocycles. The number of rotatable bonds is 9. The van der Waals surface area contributed by atoms with Gasteiger partial charge in [0.1, 0.15) is 11.4 Å². The van der Waals surface area contributed by atoms with Crippen LogP contribution in [0.1, 0.15) is 112 Å². The number of carbonyl (C=O) groups is 3. The minimum absolute atomic E-state index is 0.0289. The zero-order valence-electron chi connectivity index (χ0n) is 39.0. The molecule has 0 bridgehead atoms. The molecule has 5 aliphatic rings. The number of halogens is 1. The highest BCUT2D eigenvalue weighted by molar-refractivity contribution is 5.96. The molecule has 3 amide bonds. The Kier molecular flexibility index (Phi) is 16.2. The van der Waals surface area contributed by atoms with Gasteiger partial charge < -0.3 is 34.8 Å². The number of likely N-dealkylation sites (tertiary alicyclic amines) is 1. The molecular formula is C49H73FN8O5. The summed E-state index contributed by atoms with van der Waals surface area (Å²) in [5, 5.41) is 22.8. The number of fused-ring (bicyclic) bond motifs is 1. The largest absolute Gasteiger partial charge is 0.465 e. The van der Waals surface area contributed by atoms with Crippen LogP contribution in [0.3, 0.4) is 0 Å². The number of hydrogen-bond acceptors (Lipinski definition) is 9. The molecule has 4 saturated heterocycles. The van der Waals surface area contributed by atoms with Gasteiger partial charge in [-0.15, -0.1) is 0 Å². The second-order valence-electron chi connectivity index (χ2n) is 20.5. The number of amides is 3. The van der Waals surface area contributed by atoms with Crippen molar-refractivity contribution in [3.05, 3.63) is 70.0 Å². The van der Waals surface area contributed by atoms with E-state index in [0.29, 0.717) is 36.3 Å². The number of nitriles is 1. The quantitative estimate of drug-likeness (QED) is 0.287. The summed E-state index contributed by atoms with van der Waals surface area (Å²) in [6.07, 6.45) is 5.57. The van der Waals surface area contributed by atoms with Gasteiger partial charge in [0.15, 0.2) is 0 Å². The molecule has 13 nitrogen and oxygen atoms in total. The number of likely N-dealkylation sites (N-methyl/N-ethyl adjacent to an activating group) is 1. The summed E-state index contributed by atoms with van der Waals surface area (Å²) in [4.78, 5) is 50.5. The first-order chi connectivity index (χ1) is 29.9. The van der Waals surface area contributed by atoms with Gasteiger partial charge >= 0.3 is 12.2 Å². The lowest BCUT2D eigenvalue weighted by Crippen LogP contribution is -2.62. The van der Waals surface area contributed by atoms with Gasteiger partial charge in [-0.05, 0) is 119 Å². The van der Waals surface area contributed by atoms with E-state index < -0.39 is 11.7 Å². The van der Waals surface area contributed by atoms with Gasteiger partial charge in [0.2, 0.25) is 0 Å². The Hall–Kier alpha value is -4.29. The average Bonchev–Trinajstić information content (AvgIpc) is 3.58. The summed E-state index contributed by atoms with van der Waals surface area (Å²) < 4.78 is 19.3. The van der Waals surface area contributed by atoms with Gasteiger partial charge in [-0.2, -0.15) is 5.26 Å². The van der Waals surface area contributed by atoms with Gasteiger partial charge in [0.05, 0.1) is 17.7 Å². The van der Waals surface area contributed by atoms with Crippen LogP contribution in [0.15, 0.2) is 36.4 Å². The normalized spacial score (nSPS) is 21.3. The Balaban J connectivity index is 0.000000305. The molecular weight excluding hydrogens is 800 g/mol. The maximum Gasteiger partial charge on any atom is 0.410 e. The second kappa shape index (κ2) is 21.1. The maximum absolute atomic E-state index is 13.9. The van der Waals surface area contributed by atoms with Crippen LogP contribution in [0, 0.1) is 22.6 Å². The fourth-order valence-corrected chi connectivity index (χ4v) is 9.79. The molecule has 346 valence electrons. The summed E-state index contributed by atoms with van der Waals surface area (Å²) in [7, 11) is 1.83. The number of hydrogen-bond donors (Lipinski definition) is 2. The highest BCUT2D eigenvalue weighted by Gasteiger charge is 2.41. The van der Waals surface area contributed by atoms with Gasteiger partial charge in [-0.25, -0.2) is 14.0 Å². The van der Waals surface area contributed by atoms with E-state index in [0.717, 1.165) is 134 Å².